The van der Waals surface area contributed by atoms with Crippen LogP contribution in [-0.2, 0) is 10.0 Å². The van der Waals surface area contributed by atoms with Crippen LogP contribution in [0, 0.1) is 12.8 Å². The molecular formula is C20H21NO4S. The predicted molar refractivity (Wildman–Crippen MR) is 100 cm³/mol. The second kappa shape index (κ2) is 6.79. The average molecular weight is 371 g/mol. The molecular weight excluding hydrogens is 350 g/mol. The molecule has 0 aliphatic heterocycles. The third kappa shape index (κ3) is 3.49. The average Bonchev–Trinajstić information content (AvgIpc) is 2.84. The number of nitrogens with zero attached hydrogens (tertiary/aromatic N) is 1. The third-order valence-electron chi connectivity index (χ3n) is 4.79. The van der Waals surface area contributed by atoms with Gasteiger partial charge in [-0.15, -0.1) is 0 Å². The van der Waals surface area contributed by atoms with Gasteiger partial charge in [0.1, 0.15) is 0 Å². The molecule has 2 N–H and O–H groups in total. The summed E-state index contributed by atoms with van der Waals surface area (Å²) in [4.78, 5) is 0.0638. The number of hydrogen-bond acceptors (Lipinski definition) is 4. The lowest BCUT2D eigenvalue weighted by atomic mass is 9.88. The normalized spacial score (nSPS) is 22.8. The van der Waals surface area contributed by atoms with E-state index in [-0.39, 0.29) is 16.4 Å². The molecule has 0 saturated heterocycles. The van der Waals surface area contributed by atoms with Gasteiger partial charge in [-0.05, 0) is 36.6 Å². The standard InChI is InChI=1S/C20H21NO4S/c1-14-8-10-17(11-9-14)26(24,25)21-13-19-18(12-15(2)20(19,22)23)16-6-4-3-5-7-16/h3-11,13,18-19,22-23H,2,12H2,1H3/b21-13+. The second-order valence-electron chi connectivity index (χ2n) is 6.62. The summed E-state index contributed by atoms with van der Waals surface area (Å²) in [5, 5.41) is 20.9. The van der Waals surface area contributed by atoms with E-state index in [0.717, 1.165) is 17.3 Å². The maximum absolute atomic E-state index is 12.5. The molecule has 2 aromatic rings. The highest BCUT2D eigenvalue weighted by molar-refractivity contribution is 7.90. The minimum Gasteiger partial charge on any atom is -0.362 e. The van der Waals surface area contributed by atoms with Gasteiger partial charge in [-0.25, -0.2) is 0 Å². The lowest BCUT2D eigenvalue weighted by Gasteiger charge is -2.25. The van der Waals surface area contributed by atoms with E-state index in [1.54, 1.807) is 12.1 Å². The molecule has 0 radical (unpaired) electrons. The largest absolute Gasteiger partial charge is 0.362 e. The first kappa shape index (κ1) is 18.5. The highest BCUT2D eigenvalue weighted by atomic mass is 32.2. The molecule has 1 aliphatic carbocycles. The van der Waals surface area contributed by atoms with Crippen LogP contribution >= 0.6 is 0 Å². The zero-order valence-electron chi connectivity index (χ0n) is 14.4. The molecule has 2 unspecified atom stereocenters. The van der Waals surface area contributed by atoms with E-state index in [4.69, 9.17) is 0 Å². The van der Waals surface area contributed by atoms with E-state index in [0.29, 0.717) is 6.42 Å². The Morgan fingerprint density at radius 2 is 1.73 bits per heavy atom. The fourth-order valence-corrected chi connectivity index (χ4v) is 4.10. The van der Waals surface area contributed by atoms with Crippen molar-refractivity contribution in [3.8, 4) is 0 Å². The van der Waals surface area contributed by atoms with Gasteiger partial charge >= 0.3 is 0 Å². The molecule has 6 heteroatoms. The van der Waals surface area contributed by atoms with E-state index in [2.05, 4.69) is 11.0 Å². The fraction of sp³-hybridized carbons (Fsp3) is 0.250. The first-order chi connectivity index (χ1) is 12.2. The topological polar surface area (TPSA) is 87.0 Å². The van der Waals surface area contributed by atoms with Crippen molar-refractivity contribution in [3.63, 3.8) is 0 Å². The van der Waals surface area contributed by atoms with Crippen molar-refractivity contribution in [1.29, 1.82) is 0 Å². The number of sulfonamides is 1. The Labute approximate surface area is 153 Å². The predicted octanol–water partition coefficient (Wildman–Crippen LogP) is 2.80. The molecule has 2 aromatic carbocycles. The Morgan fingerprint density at radius 1 is 1.12 bits per heavy atom. The Morgan fingerprint density at radius 3 is 2.35 bits per heavy atom. The number of aryl methyl sites for hydroxylation is 1. The molecule has 26 heavy (non-hydrogen) atoms. The van der Waals surface area contributed by atoms with Crippen molar-refractivity contribution < 1.29 is 18.6 Å². The SMILES string of the molecule is C=C1CC(c2ccccc2)C(/C=N/S(=O)(=O)c2ccc(C)cc2)C1(O)O. The van der Waals surface area contributed by atoms with E-state index < -0.39 is 21.7 Å². The maximum atomic E-state index is 12.5. The zero-order chi connectivity index (χ0) is 18.9. The van der Waals surface area contributed by atoms with Crippen LogP contribution < -0.4 is 0 Å². The number of hydrogen-bond donors (Lipinski definition) is 2. The molecule has 0 aromatic heterocycles. The highest BCUT2D eigenvalue weighted by Gasteiger charge is 2.49. The second-order valence-corrected chi connectivity index (χ2v) is 8.25. The molecule has 0 bridgehead atoms. The van der Waals surface area contributed by atoms with Crippen molar-refractivity contribution >= 4 is 16.2 Å². The van der Waals surface area contributed by atoms with Gasteiger partial charge in [0.25, 0.3) is 10.0 Å². The summed E-state index contributed by atoms with van der Waals surface area (Å²) in [5.74, 6) is -3.42. The minimum absolute atomic E-state index is 0.0638. The molecule has 0 amide bonds. The first-order valence-corrected chi connectivity index (χ1v) is 9.71. The van der Waals surface area contributed by atoms with Crippen molar-refractivity contribution in [3.05, 3.63) is 77.9 Å². The smallest absolute Gasteiger partial charge is 0.281 e. The zero-order valence-corrected chi connectivity index (χ0v) is 15.2. The van der Waals surface area contributed by atoms with Gasteiger partial charge in [0, 0.05) is 12.1 Å². The van der Waals surface area contributed by atoms with Gasteiger partial charge in [0.2, 0.25) is 0 Å². The molecule has 0 heterocycles. The molecule has 1 saturated carbocycles. The molecule has 2 atom stereocenters. The van der Waals surface area contributed by atoms with E-state index >= 15 is 0 Å². The molecule has 1 aliphatic rings. The van der Waals surface area contributed by atoms with Crippen LogP contribution in [-0.4, -0.2) is 30.6 Å². The number of rotatable bonds is 4. The molecule has 0 spiro atoms. The van der Waals surface area contributed by atoms with Gasteiger partial charge < -0.3 is 10.2 Å². The van der Waals surface area contributed by atoms with Gasteiger partial charge in [-0.1, -0.05) is 54.6 Å². The van der Waals surface area contributed by atoms with Crippen LogP contribution in [0.3, 0.4) is 0 Å². The van der Waals surface area contributed by atoms with Crippen LogP contribution in [0.5, 0.6) is 0 Å². The summed E-state index contributed by atoms with van der Waals surface area (Å²) in [6, 6.07) is 15.6. The monoisotopic (exact) mass is 371 g/mol. The first-order valence-electron chi connectivity index (χ1n) is 8.27. The van der Waals surface area contributed by atoms with Gasteiger partial charge in [0.05, 0.1) is 10.8 Å². The Balaban J connectivity index is 1.95. The van der Waals surface area contributed by atoms with Gasteiger partial charge in [0.15, 0.2) is 5.79 Å². The van der Waals surface area contributed by atoms with E-state index in [9.17, 15) is 18.6 Å². The summed E-state index contributed by atoms with van der Waals surface area (Å²) in [7, 11) is -3.92. The molecule has 5 nitrogen and oxygen atoms in total. The van der Waals surface area contributed by atoms with Crippen LogP contribution in [0.25, 0.3) is 0 Å². The van der Waals surface area contributed by atoms with Gasteiger partial charge in [-0.3, -0.25) is 0 Å². The van der Waals surface area contributed by atoms with Crippen LogP contribution in [0.4, 0.5) is 0 Å². The van der Waals surface area contributed by atoms with E-state index in [1.165, 1.54) is 12.1 Å². The quantitative estimate of drug-likeness (QED) is 0.491. The summed E-state index contributed by atoms with van der Waals surface area (Å²) in [5.41, 5.74) is 2.06. The Bertz CT molecular complexity index is 932. The highest BCUT2D eigenvalue weighted by Crippen LogP contribution is 2.46. The Hall–Kier alpha value is -2.28. The van der Waals surface area contributed by atoms with Crippen LogP contribution in [0.15, 0.2) is 76.0 Å². The summed E-state index contributed by atoms with van der Waals surface area (Å²) >= 11 is 0. The van der Waals surface area contributed by atoms with E-state index in [1.807, 2.05) is 37.3 Å². The third-order valence-corrected chi connectivity index (χ3v) is 6.06. The van der Waals surface area contributed by atoms with Crippen molar-refractivity contribution in [2.75, 3.05) is 0 Å². The van der Waals surface area contributed by atoms with Crippen molar-refractivity contribution in [1.82, 2.24) is 0 Å². The van der Waals surface area contributed by atoms with Crippen LogP contribution in [0.1, 0.15) is 23.5 Å². The van der Waals surface area contributed by atoms with Crippen LogP contribution in [0.2, 0.25) is 0 Å². The summed E-state index contributed by atoms with van der Waals surface area (Å²) < 4.78 is 28.6. The lowest BCUT2D eigenvalue weighted by molar-refractivity contribution is -0.139. The maximum Gasteiger partial charge on any atom is 0.281 e. The lowest BCUT2D eigenvalue weighted by Crippen LogP contribution is -2.37. The number of aliphatic hydroxyl groups is 2. The fourth-order valence-electron chi connectivity index (χ4n) is 3.21. The summed E-state index contributed by atoms with van der Waals surface area (Å²) in [6.07, 6.45) is 1.48. The Kier molecular flexibility index (Phi) is 4.84. The van der Waals surface area contributed by atoms with Crippen molar-refractivity contribution in [2.45, 2.75) is 29.9 Å². The number of benzene rings is 2. The molecule has 136 valence electrons. The summed E-state index contributed by atoms with van der Waals surface area (Å²) in [6.45, 7) is 5.60. The molecule has 3 rings (SSSR count). The van der Waals surface area contributed by atoms with Gasteiger partial charge in [-0.2, -0.15) is 12.8 Å². The molecule has 1 fully saturated rings. The minimum atomic E-state index is -3.92. The van der Waals surface area contributed by atoms with Crippen molar-refractivity contribution in [2.24, 2.45) is 10.3 Å².